The molecule has 0 aliphatic heterocycles. The molecule has 15 heavy (non-hydrogen) atoms. The highest BCUT2D eigenvalue weighted by Crippen LogP contribution is 2.24. The van der Waals surface area contributed by atoms with Gasteiger partial charge in [-0.1, -0.05) is 27.7 Å². The SMILES string of the molecule is CC(C)COc1ccc(SC(C)C)cc1. The van der Waals surface area contributed by atoms with Crippen molar-refractivity contribution >= 4 is 11.8 Å². The van der Waals surface area contributed by atoms with Crippen molar-refractivity contribution in [1.82, 2.24) is 0 Å². The van der Waals surface area contributed by atoms with Crippen molar-refractivity contribution < 1.29 is 4.74 Å². The van der Waals surface area contributed by atoms with Gasteiger partial charge in [-0.25, -0.2) is 0 Å². The molecule has 0 aliphatic rings. The Balaban J connectivity index is 2.49. The third-order valence-electron chi connectivity index (χ3n) is 1.78. The van der Waals surface area contributed by atoms with E-state index in [0.29, 0.717) is 11.2 Å². The molecule has 0 bridgehead atoms. The number of hydrogen-bond acceptors (Lipinski definition) is 2. The molecule has 1 nitrogen and oxygen atoms in total. The highest BCUT2D eigenvalue weighted by molar-refractivity contribution is 7.99. The monoisotopic (exact) mass is 224 g/mol. The first-order chi connectivity index (χ1) is 7.08. The van der Waals surface area contributed by atoms with Crippen molar-refractivity contribution in [3.05, 3.63) is 24.3 Å². The van der Waals surface area contributed by atoms with Crippen molar-refractivity contribution in [3.63, 3.8) is 0 Å². The fourth-order valence-electron chi connectivity index (χ4n) is 1.15. The van der Waals surface area contributed by atoms with Gasteiger partial charge < -0.3 is 4.74 Å². The summed E-state index contributed by atoms with van der Waals surface area (Å²) < 4.78 is 5.62. The van der Waals surface area contributed by atoms with Gasteiger partial charge in [-0.3, -0.25) is 0 Å². The molecule has 84 valence electrons. The van der Waals surface area contributed by atoms with Gasteiger partial charge in [0, 0.05) is 10.1 Å². The van der Waals surface area contributed by atoms with Gasteiger partial charge in [0.2, 0.25) is 0 Å². The van der Waals surface area contributed by atoms with Crippen LogP contribution < -0.4 is 4.74 Å². The van der Waals surface area contributed by atoms with E-state index < -0.39 is 0 Å². The van der Waals surface area contributed by atoms with Gasteiger partial charge in [0.05, 0.1) is 6.61 Å². The second kappa shape index (κ2) is 6.06. The Labute approximate surface area is 97.2 Å². The second-order valence-electron chi connectivity index (χ2n) is 4.34. The van der Waals surface area contributed by atoms with E-state index in [1.54, 1.807) is 0 Å². The predicted octanol–water partition coefficient (Wildman–Crippen LogP) is 4.22. The van der Waals surface area contributed by atoms with E-state index in [9.17, 15) is 0 Å². The molecule has 0 radical (unpaired) electrons. The average molecular weight is 224 g/mol. The Morgan fingerprint density at radius 2 is 1.67 bits per heavy atom. The number of hydrogen-bond donors (Lipinski definition) is 0. The molecule has 0 saturated heterocycles. The molecular weight excluding hydrogens is 204 g/mol. The van der Waals surface area contributed by atoms with E-state index in [-0.39, 0.29) is 0 Å². The Bertz CT molecular complexity index is 277. The van der Waals surface area contributed by atoms with E-state index in [1.165, 1.54) is 4.90 Å². The highest BCUT2D eigenvalue weighted by Gasteiger charge is 2.00. The Morgan fingerprint density at radius 1 is 1.07 bits per heavy atom. The summed E-state index contributed by atoms with van der Waals surface area (Å²) in [7, 11) is 0. The first kappa shape index (κ1) is 12.4. The Morgan fingerprint density at radius 3 is 2.13 bits per heavy atom. The molecule has 0 heterocycles. The Kier molecular flexibility index (Phi) is 5.03. The van der Waals surface area contributed by atoms with Gasteiger partial charge in [0.1, 0.15) is 5.75 Å². The van der Waals surface area contributed by atoms with E-state index in [4.69, 9.17) is 4.74 Å². The van der Waals surface area contributed by atoms with Crippen LogP contribution in [0.2, 0.25) is 0 Å². The van der Waals surface area contributed by atoms with Crippen LogP contribution in [-0.2, 0) is 0 Å². The first-order valence-corrected chi connectivity index (χ1v) is 6.35. The van der Waals surface area contributed by atoms with E-state index >= 15 is 0 Å². The average Bonchev–Trinajstić information content (AvgIpc) is 2.16. The lowest BCUT2D eigenvalue weighted by molar-refractivity contribution is 0.271. The summed E-state index contributed by atoms with van der Waals surface area (Å²) in [6.07, 6.45) is 0. The predicted molar refractivity (Wildman–Crippen MR) is 67.8 cm³/mol. The standard InChI is InChI=1S/C13H20OS/c1-10(2)9-14-12-5-7-13(8-6-12)15-11(3)4/h5-8,10-11H,9H2,1-4H3. The third-order valence-corrected chi connectivity index (χ3v) is 2.79. The topological polar surface area (TPSA) is 9.23 Å². The molecule has 0 unspecified atom stereocenters. The molecule has 1 rings (SSSR count). The zero-order valence-electron chi connectivity index (χ0n) is 9.99. The lowest BCUT2D eigenvalue weighted by Crippen LogP contribution is -2.04. The number of rotatable bonds is 5. The number of ether oxygens (including phenoxy) is 1. The largest absolute Gasteiger partial charge is 0.493 e. The van der Waals surface area contributed by atoms with Crippen LogP contribution in [0.3, 0.4) is 0 Å². The molecule has 0 aromatic heterocycles. The summed E-state index contributed by atoms with van der Waals surface area (Å²) in [5.41, 5.74) is 0. The minimum Gasteiger partial charge on any atom is -0.493 e. The molecule has 0 amide bonds. The summed E-state index contributed by atoms with van der Waals surface area (Å²) in [6.45, 7) is 9.50. The van der Waals surface area contributed by atoms with Gasteiger partial charge in [0.15, 0.2) is 0 Å². The maximum absolute atomic E-state index is 5.62. The minimum atomic E-state index is 0.578. The molecule has 1 aromatic rings. The zero-order valence-corrected chi connectivity index (χ0v) is 10.8. The van der Waals surface area contributed by atoms with Gasteiger partial charge in [-0.15, -0.1) is 11.8 Å². The molecule has 0 saturated carbocycles. The van der Waals surface area contributed by atoms with Crippen LogP contribution in [0.1, 0.15) is 27.7 Å². The minimum absolute atomic E-state index is 0.578. The fraction of sp³-hybridized carbons (Fsp3) is 0.538. The molecule has 0 atom stereocenters. The summed E-state index contributed by atoms with van der Waals surface area (Å²) in [5.74, 6) is 1.55. The number of benzene rings is 1. The smallest absolute Gasteiger partial charge is 0.119 e. The molecular formula is C13H20OS. The molecule has 0 aliphatic carbocycles. The van der Waals surface area contributed by atoms with Gasteiger partial charge in [0.25, 0.3) is 0 Å². The van der Waals surface area contributed by atoms with Gasteiger partial charge in [-0.05, 0) is 30.2 Å². The van der Waals surface area contributed by atoms with E-state index in [2.05, 4.69) is 39.8 Å². The van der Waals surface area contributed by atoms with Crippen LogP contribution in [0.25, 0.3) is 0 Å². The molecule has 0 N–H and O–H groups in total. The van der Waals surface area contributed by atoms with Crippen molar-refractivity contribution in [2.24, 2.45) is 5.92 Å². The summed E-state index contributed by atoms with van der Waals surface area (Å²) in [6, 6.07) is 8.35. The van der Waals surface area contributed by atoms with Crippen molar-refractivity contribution in [3.8, 4) is 5.75 Å². The van der Waals surface area contributed by atoms with Crippen LogP contribution in [0.5, 0.6) is 5.75 Å². The second-order valence-corrected chi connectivity index (χ2v) is 5.99. The van der Waals surface area contributed by atoms with Crippen molar-refractivity contribution in [2.45, 2.75) is 37.8 Å². The van der Waals surface area contributed by atoms with Crippen LogP contribution in [-0.4, -0.2) is 11.9 Å². The molecule has 0 spiro atoms. The summed E-state index contributed by atoms with van der Waals surface area (Å²) >= 11 is 1.88. The lowest BCUT2D eigenvalue weighted by Gasteiger charge is -2.09. The van der Waals surface area contributed by atoms with Gasteiger partial charge in [-0.2, -0.15) is 0 Å². The van der Waals surface area contributed by atoms with E-state index in [0.717, 1.165) is 12.4 Å². The first-order valence-electron chi connectivity index (χ1n) is 5.47. The molecule has 2 heteroatoms. The van der Waals surface area contributed by atoms with E-state index in [1.807, 2.05) is 23.9 Å². The van der Waals surface area contributed by atoms with Crippen LogP contribution >= 0.6 is 11.8 Å². The highest BCUT2D eigenvalue weighted by atomic mass is 32.2. The third kappa shape index (κ3) is 5.12. The zero-order chi connectivity index (χ0) is 11.3. The normalized spacial score (nSPS) is 11.1. The van der Waals surface area contributed by atoms with Gasteiger partial charge >= 0.3 is 0 Å². The summed E-state index contributed by atoms with van der Waals surface area (Å²) in [5, 5.41) is 0.632. The van der Waals surface area contributed by atoms with Crippen LogP contribution in [0, 0.1) is 5.92 Å². The van der Waals surface area contributed by atoms with Crippen molar-refractivity contribution in [2.75, 3.05) is 6.61 Å². The van der Waals surface area contributed by atoms with Crippen molar-refractivity contribution in [1.29, 1.82) is 0 Å². The fourth-order valence-corrected chi connectivity index (χ4v) is 1.99. The quantitative estimate of drug-likeness (QED) is 0.692. The molecule has 1 aromatic carbocycles. The lowest BCUT2D eigenvalue weighted by atomic mass is 10.2. The summed E-state index contributed by atoms with van der Waals surface area (Å²) in [4.78, 5) is 1.31. The van der Waals surface area contributed by atoms with Crippen LogP contribution in [0.4, 0.5) is 0 Å². The maximum atomic E-state index is 5.62. The number of thioether (sulfide) groups is 1. The van der Waals surface area contributed by atoms with Crippen LogP contribution in [0.15, 0.2) is 29.2 Å². The Hall–Kier alpha value is -0.630. The molecule has 0 fully saturated rings. The maximum Gasteiger partial charge on any atom is 0.119 e.